The van der Waals surface area contributed by atoms with Crippen LogP contribution in [0.3, 0.4) is 0 Å². The molecule has 0 unspecified atom stereocenters. The number of amides is 1. The lowest BCUT2D eigenvalue weighted by atomic mass is 9.83. The first kappa shape index (κ1) is 15.6. The molecule has 0 saturated heterocycles. The Morgan fingerprint density at radius 2 is 1.84 bits per heavy atom. The van der Waals surface area contributed by atoms with Crippen LogP contribution in [-0.4, -0.2) is 30.1 Å². The van der Waals surface area contributed by atoms with Crippen molar-refractivity contribution in [2.24, 2.45) is 0 Å². The highest BCUT2D eigenvalue weighted by Crippen LogP contribution is 2.25. The zero-order valence-corrected chi connectivity index (χ0v) is 11.3. The first-order chi connectivity index (χ1) is 8.67. The third-order valence-corrected chi connectivity index (χ3v) is 2.72. The predicted octanol–water partition coefficient (Wildman–Crippen LogP) is 2.34. The van der Waals surface area contributed by atoms with Gasteiger partial charge < -0.3 is 10.4 Å². The van der Waals surface area contributed by atoms with Gasteiger partial charge in [0.05, 0.1) is 6.54 Å². The molecule has 0 aliphatic carbocycles. The van der Waals surface area contributed by atoms with E-state index in [-0.39, 0.29) is 5.41 Å². The Morgan fingerprint density at radius 3 is 2.37 bits per heavy atom. The van der Waals surface area contributed by atoms with E-state index in [9.17, 15) is 13.6 Å². The maximum absolute atomic E-state index is 12.9. The van der Waals surface area contributed by atoms with Crippen molar-refractivity contribution in [2.75, 3.05) is 13.2 Å². The minimum Gasteiger partial charge on any atom is -0.390 e. The van der Waals surface area contributed by atoms with Gasteiger partial charge in [0.25, 0.3) is 11.8 Å². The van der Waals surface area contributed by atoms with E-state index < -0.39 is 25.0 Å². The molecule has 0 saturated carbocycles. The van der Waals surface area contributed by atoms with E-state index >= 15 is 0 Å². The molecule has 3 nitrogen and oxygen atoms in total. The molecule has 1 aromatic rings. The average molecular weight is 271 g/mol. The van der Waals surface area contributed by atoms with Crippen molar-refractivity contribution in [3.8, 4) is 0 Å². The first-order valence-corrected chi connectivity index (χ1v) is 6.04. The number of halogens is 2. The van der Waals surface area contributed by atoms with Gasteiger partial charge in [0.15, 0.2) is 0 Å². The highest BCUT2D eigenvalue weighted by Gasteiger charge is 2.29. The fourth-order valence-corrected chi connectivity index (χ4v) is 1.70. The monoisotopic (exact) mass is 271 g/mol. The Bertz CT molecular complexity index is 453. The second-order valence-corrected chi connectivity index (χ2v) is 5.49. The van der Waals surface area contributed by atoms with Crippen molar-refractivity contribution in [2.45, 2.75) is 32.1 Å². The lowest BCUT2D eigenvalue weighted by Crippen LogP contribution is -2.39. The van der Waals surface area contributed by atoms with E-state index in [4.69, 9.17) is 5.11 Å². The summed E-state index contributed by atoms with van der Waals surface area (Å²) in [4.78, 5) is 11.9. The molecule has 0 spiro atoms. The summed E-state index contributed by atoms with van der Waals surface area (Å²) < 4.78 is 25.8. The highest BCUT2D eigenvalue weighted by atomic mass is 19.3. The molecular formula is C14H19F2NO2. The zero-order valence-electron chi connectivity index (χ0n) is 11.3. The highest BCUT2D eigenvalue weighted by molar-refractivity contribution is 5.96. The van der Waals surface area contributed by atoms with Crippen LogP contribution in [0.1, 0.15) is 36.7 Å². The molecule has 5 heteroatoms. The predicted molar refractivity (Wildman–Crippen MR) is 69.5 cm³/mol. The van der Waals surface area contributed by atoms with Crippen LogP contribution in [0, 0.1) is 0 Å². The fraction of sp³-hybridized carbons (Fsp3) is 0.500. The largest absolute Gasteiger partial charge is 0.390 e. The zero-order chi connectivity index (χ0) is 14.7. The van der Waals surface area contributed by atoms with Crippen molar-refractivity contribution in [1.29, 1.82) is 0 Å². The summed E-state index contributed by atoms with van der Waals surface area (Å²) in [5.74, 6) is -3.86. The summed E-state index contributed by atoms with van der Waals surface area (Å²) in [5, 5.41) is 10.6. The topological polar surface area (TPSA) is 49.3 Å². The van der Waals surface area contributed by atoms with Gasteiger partial charge in [0.2, 0.25) is 0 Å². The normalized spacial score (nSPS) is 12.3. The summed E-state index contributed by atoms with van der Waals surface area (Å²) >= 11 is 0. The van der Waals surface area contributed by atoms with Crippen LogP contribution in [0.2, 0.25) is 0 Å². The SMILES string of the molecule is CC(C)(C)c1ccccc1C(=O)NCC(F)(F)CO. The van der Waals surface area contributed by atoms with Gasteiger partial charge in [0.1, 0.15) is 6.61 Å². The molecule has 0 radical (unpaired) electrons. The van der Waals surface area contributed by atoms with Gasteiger partial charge >= 0.3 is 0 Å². The van der Waals surface area contributed by atoms with Gasteiger partial charge in [-0.3, -0.25) is 4.79 Å². The van der Waals surface area contributed by atoms with Crippen LogP contribution >= 0.6 is 0 Å². The number of aliphatic hydroxyl groups is 1. The number of carbonyl (C=O) groups excluding carboxylic acids is 1. The molecule has 0 aromatic heterocycles. The van der Waals surface area contributed by atoms with Crippen LogP contribution in [0.15, 0.2) is 24.3 Å². The molecule has 0 heterocycles. The smallest absolute Gasteiger partial charge is 0.287 e. The Kier molecular flexibility index (Phi) is 4.63. The number of nitrogens with one attached hydrogen (secondary N) is 1. The molecule has 0 atom stereocenters. The molecule has 0 fully saturated rings. The van der Waals surface area contributed by atoms with Crippen molar-refractivity contribution in [3.63, 3.8) is 0 Å². The van der Waals surface area contributed by atoms with Crippen molar-refractivity contribution in [1.82, 2.24) is 5.32 Å². The number of alkyl halides is 2. The Morgan fingerprint density at radius 1 is 1.26 bits per heavy atom. The molecule has 19 heavy (non-hydrogen) atoms. The van der Waals surface area contributed by atoms with E-state index in [1.54, 1.807) is 24.3 Å². The summed E-state index contributed by atoms with van der Waals surface area (Å²) in [7, 11) is 0. The number of rotatable bonds is 4. The third kappa shape index (κ3) is 4.28. The van der Waals surface area contributed by atoms with Crippen LogP contribution in [0.4, 0.5) is 8.78 Å². The number of benzene rings is 1. The van der Waals surface area contributed by atoms with E-state index in [0.717, 1.165) is 5.56 Å². The number of hydrogen-bond donors (Lipinski definition) is 2. The fourth-order valence-electron chi connectivity index (χ4n) is 1.70. The Hall–Kier alpha value is -1.49. The third-order valence-electron chi connectivity index (χ3n) is 2.72. The summed E-state index contributed by atoms with van der Waals surface area (Å²) in [5.41, 5.74) is 0.913. The lowest BCUT2D eigenvalue weighted by molar-refractivity contribution is -0.0462. The summed E-state index contributed by atoms with van der Waals surface area (Å²) in [6, 6.07) is 6.90. The molecule has 106 valence electrons. The average Bonchev–Trinajstić information content (AvgIpc) is 2.35. The number of aliphatic hydroxyl groups excluding tert-OH is 1. The lowest BCUT2D eigenvalue weighted by Gasteiger charge is -2.23. The minimum absolute atomic E-state index is 0.257. The Labute approximate surface area is 111 Å². The molecule has 1 amide bonds. The molecule has 0 aliphatic rings. The molecule has 0 bridgehead atoms. The van der Waals surface area contributed by atoms with Gasteiger partial charge in [-0.1, -0.05) is 39.0 Å². The van der Waals surface area contributed by atoms with Crippen LogP contribution in [0.5, 0.6) is 0 Å². The van der Waals surface area contributed by atoms with E-state index in [0.29, 0.717) is 5.56 Å². The van der Waals surface area contributed by atoms with Crippen LogP contribution < -0.4 is 5.32 Å². The maximum atomic E-state index is 12.9. The quantitative estimate of drug-likeness (QED) is 0.883. The van der Waals surface area contributed by atoms with Gasteiger partial charge in [0, 0.05) is 5.56 Å². The number of hydrogen-bond acceptors (Lipinski definition) is 2. The van der Waals surface area contributed by atoms with Crippen molar-refractivity contribution >= 4 is 5.91 Å². The molecule has 1 rings (SSSR count). The molecule has 2 N–H and O–H groups in total. The Balaban J connectivity index is 2.90. The molecule has 0 aliphatic heterocycles. The molecular weight excluding hydrogens is 252 g/mol. The van der Waals surface area contributed by atoms with Gasteiger partial charge in [-0.25, -0.2) is 8.78 Å². The van der Waals surface area contributed by atoms with Gasteiger partial charge in [-0.05, 0) is 17.0 Å². The molecule has 1 aromatic carbocycles. The second-order valence-electron chi connectivity index (χ2n) is 5.49. The van der Waals surface area contributed by atoms with Crippen LogP contribution in [0.25, 0.3) is 0 Å². The van der Waals surface area contributed by atoms with Crippen LogP contribution in [-0.2, 0) is 5.41 Å². The minimum atomic E-state index is -3.30. The van der Waals surface area contributed by atoms with Crippen molar-refractivity contribution < 1.29 is 18.7 Å². The van der Waals surface area contributed by atoms with E-state index in [1.165, 1.54) is 0 Å². The van der Waals surface area contributed by atoms with E-state index in [2.05, 4.69) is 5.32 Å². The number of carbonyl (C=O) groups is 1. The van der Waals surface area contributed by atoms with E-state index in [1.807, 2.05) is 20.8 Å². The maximum Gasteiger partial charge on any atom is 0.287 e. The van der Waals surface area contributed by atoms with Gasteiger partial charge in [-0.2, -0.15) is 0 Å². The summed E-state index contributed by atoms with van der Waals surface area (Å²) in [6.07, 6.45) is 0. The first-order valence-electron chi connectivity index (χ1n) is 6.04. The van der Waals surface area contributed by atoms with Crippen molar-refractivity contribution in [3.05, 3.63) is 35.4 Å². The standard InChI is InChI=1S/C14H19F2NO2/c1-13(2,3)11-7-5-4-6-10(11)12(19)17-8-14(15,16)9-18/h4-7,18H,8-9H2,1-3H3,(H,17,19). The van der Waals surface area contributed by atoms with Gasteiger partial charge in [-0.15, -0.1) is 0 Å². The summed E-state index contributed by atoms with van der Waals surface area (Å²) in [6.45, 7) is 3.68. The second kappa shape index (κ2) is 5.65.